The van der Waals surface area contributed by atoms with Gasteiger partial charge in [-0.2, -0.15) is 0 Å². The number of hydrogen-bond acceptors (Lipinski definition) is 5. The summed E-state index contributed by atoms with van der Waals surface area (Å²) < 4.78 is 16.2. The first kappa shape index (κ1) is 16.8. The van der Waals surface area contributed by atoms with Crippen molar-refractivity contribution in [3.8, 4) is 11.5 Å². The zero-order chi connectivity index (χ0) is 16.7. The van der Waals surface area contributed by atoms with Crippen LogP contribution >= 0.6 is 0 Å². The number of rotatable bonds is 7. The van der Waals surface area contributed by atoms with E-state index in [2.05, 4.69) is 0 Å². The summed E-state index contributed by atoms with van der Waals surface area (Å²) in [4.78, 5) is 12.2. The molecule has 0 saturated carbocycles. The van der Waals surface area contributed by atoms with Crippen LogP contribution in [0.3, 0.4) is 0 Å². The number of phenols is 1. The van der Waals surface area contributed by atoms with Gasteiger partial charge < -0.3 is 19.3 Å². The van der Waals surface area contributed by atoms with Crippen molar-refractivity contribution < 1.29 is 24.1 Å². The highest BCUT2D eigenvalue weighted by Crippen LogP contribution is 2.32. The fraction of sp³-hybridized carbons (Fsp3) is 0.278. The Bertz CT molecular complexity index is 626. The van der Waals surface area contributed by atoms with E-state index in [1.165, 1.54) is 13.2 Å². The van der Waals surface area contributed by atoms with Gasteiger partial charge in [0.05, 0.1) is 6.61 Å². The monoisotopic (exact) mass is 316 g/mol. The van der Waals surface area contributed by atoms with Gasteiger partial charge >= 0.3 is 5.97 Å². The van der Waals surface area contributed by atoms with Gasteiger partial charge in [0.2, 0.25) is 0 Å². The number of methoxy groups -OCH3 is 1. The van der Waals surface area contributed by atoms with Gasteiger partial charge in [-0.05, 0) is 24.6 Å². The van der Waals surface area contributed by atoms with Gasteiger partial charge in [0, 0.05) is 7.11 Å². The molecule has 0 aromatic heterocycles. The maximum absolute atomic E-state index is 12.2. The molecule has 2 aromatic rings. The lowest BCUT2D eigenvalue weighted by atomic mass is 10.0. The molecule has 0 fully saturated rings. The minimum Gasteiger partial charge on any atom is -0.504 e. The predicted octanol–water partition coefficient (Wildman–Crippen LogP) is 3.09. The van der Waals surface area contributed by atoms with Crippen LogP contribution in [0.4, 0.5) is 0 Å². The summed E-state index contributed by atoms with van der Waals surface area (Å²) in [6.07, 6.45) is -1.69. The van der Waals surface area contributed by atoms with E-state index in [1.54, 1.807) is 25.1 Å². The number of esters is 1. The van der Waals surface area contributed by atoms with E-state index in [-0.39, 0.29) is 18.1 Å². The predicted molar refractivity (Wildman–Crippen MR) is 85.3 cm³/mol. The van der Waals surface area contributed by atoms with Crippen molar-refractivity contribution in [1.29, 1.82) is 0 Å². The average Bonchev–Trinajstić information content (AvgIpc) is 2.57. The zero-order valence-corrected chi connectivity index (χ0v) is 13.1. The third kappa shape index (κ3) is 4.23. The molecule has 0 aliphatic carbocycles. The number of benzene rings is 2. The molecule has 1 N–H and O–H groups in total. The Morgan fingerprint density at radius 1 is 1.09 bits per heavy atom. The quantitative estimate of drug-likeness (QED) is 0.795. The maximum Gasteiger partial charge on any atom is 0.339 e. The van der Waals surface area contributed by atoms with Crippen molar-refractivity contribution in [2.45, 2.75) is 19.1 Å². The van der Waals surface area contributed by atoms with Crippen LogP contribution in [-0.4, -0.2) is 30.9 Å². The van der Waals surface area contributed by atoms with Crippen molar-refractivity contribution in [3.63, 3.8) is 0 Å². The topological polar surface area (TPSA) is 65.0 Å². The Morgan fingerprint density at radius 2 is 1.74 bits per heavy atom. The molecule has 0 bridgehead atoms. The second-order valence-corrected chi connectivity index (χ2v) is 4.83. The van der Waals surface area contributed by atoms with Crippen LogP contribution in [0.1, 0.15) is 18.6 Å². The summed E-state index contributed by atoms with van der Waals surface area (Å²) in [5.74, 6) is -0.251. The standard InChI is InChI=1S/C18H20O5/c1-3-22-18(20)17(21-2)16(13-9-5-4-6-10-13)23-15-12-8-7-11-14(15)19/h4-12,16-17,19H,3H2,1-2H3. The van der Waals surface area contributed by atoms with Crippen molar-refractivity contribution in [2.75, 3.05) is 13.7 Å². The Hall–Kier alpha value is -2.53. The highest BCUT2D eigenvalue weighted by atomic mass is 16.6. The number of hydrogen-bond donors (Lipinski definition) is 1. The molecule has 0 amide bonds. The number of ether oxygens (including phenoxy) is 3. The molecule has 0 saturated heterocycles. The Labute approximate surface area is 135 Å². The normalized spacial score (nSPS) is 13.1. The molecule has 23 heavy (non-hydrogen) atoms. The second kappa shape index (κ2) is 8.19. The number of carbonyl (C=O) groups is 1. The van der Waals surface area contributed by atoms with Crippen molar-refractivity contribution in [1.82, 2.24) is 0 Å². The smallest absolute Gasteiger partial charge is 0.339 e. The number of para-hydroxylation sites is 2. The van der Waals surface area contributed by atoms with Crippen LogP contribution in [0.15, 0.2) is 54.6 Å². The second-order valence-electron chi connectivity index (χ2n) is 4.83. The molecular formula is C18H20O5. The van der Waals surface area contributed by atoms with Crippen LogP contribution in [0.2, 0.25) is 0 Å². The van der Waals surface area contributed by atoms with E-state index in [1.807, 2.05) is 30.3 Å². The first-order valence-corrected chi connectivity index (χ1v) is 7.36. The van der Waals surface area contributed by atoms with Crippen LogP contribution < -0.4 is 4.74 Å². The average molecular weight is 316 g/mol. The molecule has 0 aliphatic heterocycles. The Kier molecular flexibility index (Phi) is 6.00. The summed E-state index contributed by atoms with van der Waals surface area (Å²) >= 11 is 0. The Balaban J connectivity index is 2.35. The van der Waals surface area contributed by atoms with Crippen molar-refractivity contribution in [2.24, 2.45) is 0 Å². The summed E-state index contributed by atoms with van der Waals surface area (Å²) in [6.45, 7) is 1.98. The largest absolute Gasteiger partial charge is 0.504 e. The number of phenolic OH excluding ortho intramolecular Hbond substituents is 1. The van der Waals surface area contributed by atoms with Crippen LogP contribution in [0.25, 0.3) is 0 Å². The third-order valence-electron chi connectivity index (χ3n) is 3.30. The van der Waals surface area contributed by atoms with Crippen molar-refractivity contribution >= 4 is 5.97 Å². The van der Waals surface area contributed by atoms with Crippen LogP contribution in [0.5, 0.6) is 11.5 Å². The highest BCUT2D eigenvalue weighted by Gasteiger charge is 2.33. The minimum absolute atomic E-state index is 0.00727. The van der Waals surface area contributed by atoms with Crippen molar-refractivity contribution in [3.05, 3.63) is 60.2 Å². The maximum atomic E-state index is 12.2. The fourth-order valence-electron chi connectivity index (χ4n) is 2.21. The number of carbonyl (C=O) groups excluding carboxylic acids is 1. The molecular weight excluding hydrogens is 296 g/mol. The first-order chi connectivity index (χ1) is 11.2. The van der Waals surface area contributed by atoms with Gasteiger partial charge in [-0.25, -0.2) is 4.79 Å². The molecule has 5 nitrogen and oxygen atoms in total. The molecule has 2 atom stereocenters. The lowest BCUT2D eigenvalue weighted by Crippen LogP contribution is -2.35. The van der Waals surface area contributed by atoms with E-state index in [4.69, 9.17) is 14.2 Å². The SMILES string of the molecule is CCOC(=O)C(OC)C(Oc1ccccc1O)c1ccccc1. The summed E-state index contributed by atoms with van der Waals surface area (Å²) in [5.41, 5.74) is 0.746. The molecule has 122 valence electrons. The van der Waals surface area contributed by atoms with Gasteiger partial charge in [0.1, 0.15) is 0 Å². The minimum atomic E-state index is -0.947. The van der Waals surface area contributed by atoms with Gasteiger partial charge in [-0.1, -0.05) is 42.5 Å². The molecule has 0 heterocycles. The molecule has 0 radical (unpaired) electrons. The first-order valence-electron chi connectivity index (χ1n) is 7.36. The van der Waals surface area contributed by atoms with Gasteiger partial charge in [-0.3, -0.25) is 0 Å². The lowest BCUT2D eigenvalue weighted by molar-refractivity contribution is -0.161. The van der Waals surface area contributed by atoms with Gasteiger partial charge in [0.15, 0.2) is 23.7 Å². The molecule has 2 aromatic carbocycles. The van der Waals surface area contributed by atoms with E-state index >= 15 is 0 Å². The Morgan fingerprint density at radius 3 is 2.35 bits per heavy atom. The van der Waals surface area contributed by atoms with E-state index < -0.39 is 18.2 Å². The summed E-state index contributed by atoms with van der Waals surface area (Å²) in [7, 11) is 1.42. The molecule has 2 rings (SSSR count). The third-order valence-corrected chi connectivity index (χ3v) is 3.30. The number of aromatic hydroxyl groups is 1. The molecule has 0 spiro atoms. The van der Waals surface area contributed by atoms with Crippen LogP contribution in [-0.2, 0) is 14.3 Å². The summed E-state index contributed by atoms with van der Waals surface area (Å²) in [5, 5.41) is 9.92. The molecule has 5 heteroatoms. The molecule has 2 unspecified atom stereocenters. The van der Waals surface area contributed by atoms with Crippen LogP contribution in [0, 0.1) is 0 Å². The van der Waals surface area contributed by atoms with E-state index in [0.717, 1.165) is 5.56 Å². The highest BCUT2D eigenvalue weighted by molar-refractivity contribution is 5.76. The molecule has 0 aliphatic rings. The van der Waals surface area contributed by atoms with Gasteiger partial charge in [0.25, 0.3) is 0 Å². The van der Waals surface area contributed by atoms with E-state index in [0.29, 0.717) is 0 Å². The van der Waals surface area contributed by atoms with Gasteiger partial charge in [-0.15, -0.1) is 0 Å². The lowest BCUT2D eigenvalue weighted by Gasteiger charge is -2.26. The fourth-order valence-corrected chi connectivity index (χ4v) is 2.21. The zero-order valence-electron chi connectivity index (χ0n) is 13.1. The summed E-state index contributed by atoms with van der Waals surface area (Å²) in [6, 6.07) is 15.8. The van der Waals surface area contributed by atoms with E-state index in [9.17, 15) is 9.90 Å².